The number of amides is 2. The maximum absolute atomic E-state index is 12.3. The van der Waals surface area contributed by atoms with Gasteiger partial charge in [0.2, 0.25) is 5.91 Å². The first-order chi connectivity index (χ1) is 15.9. The molecule has 0 aliphatic rings. The molecule has 2 aromatic carbocycles. The molecule has 4 N–H and O–H groups in total. The Labute approximate surface area is 197 Å². The standard InChI is InChI=1S/C24H27ClN4O4/c1-16(30)10-20(28-23(31)14-26-12-19-8-4-5-9-21(19)25)15-33-24(32)29-22-11-17-6-2-3-7-18(17)13-27-22/h2-9,11,13,16,20,26,30H,10,12,14-15H2,1H3,(H,28,31)(H,27,29,32). The maximum Gasteiger partial charge on any atom is 0.412 e. The Morgan fingerprint density at radius 2 is 1.85 bits per heavy atom. The number of hydrogen-bond acceptors (Lipinski definition) is 6. The molecule has 0 saturated heterocycles. The van der Waals surface area contributed by atoms with Gasteiger partial charge in [-0.05, 0) is 36.4 Å². The summed E-state index contributed by atoms with van der Waals surface area (Å²) in [4.78, 5) is 28.7. The summed E-state index contributed by atoms with van der Waals surface area (Å²) >= 11 is 6.11. The minimum atomic E-state index is -0.695. The van der Waals surface area contributed by atoms with Crippen LogP contribution in [0.15, 0.2) is 60.8 Å². The van der Waals surface area contributed by atoms with Crippen LogP contribution in [0.1, 0.15) is 18.9 Å². The Balaban J connectivity index is 1.47. The molecular weight excluding hydrogens is 444 g/mol. The van der Waals surface area contributed by atoms with E-state index in [9.17, 15) is 14.7 Å². The summed E-state index contributed by atoms with van der Waals surface area (Å²) in [5, 5.41) is 20.6. The molecule has 2 unspecified atom stereocenters. The fraction of sp³-hybridized carbons (Fsp3) is 0.292. The first-order valence-corrected chi connectivity index (χ1v) is 11.0. The quantitative estimate of drug-likeness (QED) is 0.361. The van der Waals surface area contributed by atoms with Crippen molar-refractivity contribution in [2.45, 2.75) is 32.0 Å². The molecule has 3 aromatic rings. The highest BCUT2D eigenvalue weighted by Crippen LogP contribution is 2.16. The lowest BCUT2D eigenvalue weighted by molar-refractivity contribution is -0.121. The second-order valence-electron chi connectivity index (χ2n) is 7.68. The number of aliphatic hydroxyl groups is 1. The van der Waals surface area contributed by atoms with E-state index < -0.39 is 18.2 Å². The van der Waals surface area contributed by atoms with Gasteiger partial charge in [-0.3, -0.25) is 10.1 Å². The van der Waals surface area contributed by atoms with Crippen molar-refractivity contribution in [1.82, 2.24) is 15.6 Å². The molecule has 174 valence electrons. The molecule has 0 radical (unpaired) electrons. The van der Waals surface area contributed by atoms with Crippen molar-refractivity contribution in [2.75, 3.05) is 18.5 Å². The van der Waals surface area contributed by atoms with Crippen molar-refractivity contribution in [3.63, 3.8) is 0 Å². The van der Waals surface area contributed by atoms with Crippen LogP contribution in [-0.2, 0) is 16.1 Å². The third-order valence-corrected chi connectivity index (χ3v) is 5.20. The smallest absolute Gasteiger partial charge is 0.412 e. The Kier molecular flexibility index (Phi) is 9.00. The summed E-state index contributed by atoms with van der Waals surface area (Å²) in [5.41, 5.74) is 0.884. The van der Waals surface area contributed by atoms with Gasteiger partial charge in [-0.2, -0.15) is 0 Å². The van der Waals surface area contributed by atoms with Crippen LogP contribution in [0, 0.1) is 0 Å². The van der Waals surface area contributed by atoms with Crippen LogP contribution < -0.4 is 16.0 Å². The zero-order chi connectivity index (χ0) is 23.6. The Morgan fingerprint density at radius 1 is 1.12 bits per heavy atom. The van der Waals surface area contributed by atoms with Gasteiger partial charge in [-0.15, -0.1) is 0 Å². The lowest BCUT2D eigenvalue weighted by Crippen LogP contribution is -2.44. The lowest BCUT2D eigenvalue weighted by Gasteiger charge is -2.20. The predicted molar refractivity (Wildman–Crippen MR) is 128 cm³/mol. The first kappa shape index (κ1) is 24.4. The van der Waals surface area contributed by atoms with E-state index in [2.05, 4.69) is 20.9 Å². The van der Waals surface area contributed by atoms with E-state index in [-0.39, 0.29) is 25.5 Å². The minimum Gasteiger partial charge on any atom is -0.447 e. The maximum atomic E-state index is 12.3. The third kappa shape index (κ3) is 8.02. The number of aliphatic hydroxyl groups excluding tert-OH is 1. The van der Waals surface area contributed by atoms with E-state index in [0.717, 1.165) is 16.3 Å². The second kappa shape index (κ2) is 12.2. The van der Waals surface area contributed by atoms with E-state index in [4.69, 9.17) is 16.3 Å². The Bertz CT molecular complexity index is 1090. The van der Waals surface area contributed by atoms with Crippen LogP contribution in [0.25, 0.3) is 10.8 Å². The zero-order valence-electron chi connectivity index (χ0n) is 18.3. The van der Waals surface area contributed by atoms with Crippen molar-refractivity contribution >= 4 is 40.2 Å². The number of rotatable bonds is 10. The van der Waals surface area contributed by atoms with Gasteiger partial charge in [0.15, 0.2) is 0 Å². The summed E-state index contributed by atoms with van der Waals surface area (Å²) in [7, 11) is 0. The summed E-state index contributed by atoms with van der Waals surface area (Å²) in [5.74, 6) is 0.0755. The van der Waals surface area contributed by atoms with Crippen LogP contribution in [0.4, 0.5) is 10.6 Å². The molecule has 2 amide bonds. The predicted octanol–water partition coefficient (Wildman–Crippen LogP) is 3.48. The minimum absolute atomic E-state index is 0.0503. The van der Waals surface area contributed by atoms with Crippen LogP contribution in [0.5, 0.6) is 0 Å². The Hall–Kier alpha value is -3.20. The lowest BCUT2D eigenvalue weighted by atomic mass is 10.1. The van der Waals surface area contributed by atoms with Gasteiger partial charge in [0.25, 0.3) is 0 Å². The molecule has 9 heteroatoms. The van der Waals surface area contributed by atoms with Gasteiger partial charge < -0.3 is 20.5 Å². The van der Waals surface area contributed by atoms with Crippen molar-refractivity contribution in [3.8, 4) is 0 Å². The molecular formula is C24H27ClN4O4. The monoisotopic (exact) mass is 470 g/mol. The SMILES string of the molecule is CC(O)CC(COC(=O)Nc1cc2ccccc2cn1)NC(=O)CNCc1ccccc1Cl. The summed E-state index contributed by atoms with van der Waals surface area (Å²) in [6, 6.07) is 16.2. The summed E-state index contributed by atoms with van der Waals surface area (Å²) < 4.78 is 5.26. The fourth-order valence-electron chi connectivity index (χ4n) is 3.28. The normalized spacial score (nSPS) is 12.7. The molecule has 8 nitrogen and oxygen atoms in total. The number of anilines is 1. The topological polar surface area (TPSA) is 113 Å². The van der Waals surface area contributed by atoms with E-state index in [1.165, 1.54) is 0 Å². The van der Waals surface area contributed by atoms with Crippen LogP contribution in [0.3, 0.4) is 0 Å². The van der Waals surface area contributed by atoms with Gasteiger partial charge in [-0.25, -0.2) is 9.78 Å². The van der Waals surface area contributed by atoms with Gasteiger partial charge >= 0.3 is 6.09 Å². The average Bonchev–Trinajstić information content (AvgIpc) is 2.78. The molecule has 2 atom stereocenters. The molecule has 3 rings (SSSR count). The van der Waals surface area contributed by atoms with Gasteiger partial charge in [-0.1, -0.05) is 54.1 Å². The van der Waals surface area contributed by atoms with Crippen molar-refractivity contribution in [2.24, 2.45) is 0 Å². The highest BCUT2D eigenvalue weighted by atomic mass is 35.5. The van der Waals surface area contributed by atoms with Crippen LogP contribution in [-0.4, -0.2) is 47.4 Å². The molecule has 33 heavy (non-hydrogen) atoms. The number of pyridine rings is 1. The second-order valence-corrected chi connectivity index (χ2v) is 8.09. The molecule has 1 heterocycles. The highest BCUT2D eigenvalue weighted by molar-refractivity contribution is 6.31. The van der Waals surface area contributed by atoms with Crippen molar-refractivity contribution in [3.05, 3.63) is 71.4 Å². The number of nitrogens with zero attached hydrogens (tertiary/aromatic N) is 1. The number of halogens is 1. The molecule has 0 spiro atoms. The summed E-state index contributed by atoms with van der Waals surface area (Å²) in [6.07, 6.45) is 0.522. The van der Waals surface area contributed by atoms with Gasteiger partial charge in [0, 0.05) is 23.2 Å². The molecule has 0 bridgehead atoms. The van der Waals surface area contributed by atoms with E-state index >= 15 is 0 Å². The number of aromatic nitrogens is 1. The van der Waals surface area contributed by atoms with Crippen LogP contribution >= 0.6 is 11.6 Å². The first-order valence-electron chi connectivity index (χ1n) is 10.6. The molecule has 0 aliphatic heterocycles. The molecule has 0 fully saturated rings. The number of nitrogens with one attached hydrogen (secondary N) is 3. The fourth-order valence-corrected chi connectivity index (χ4v) is 3.48. The number of benzene rings is 2. The third-order valence-electron chi connectivity index (χ3n) is 4.83. The summed E-state index contributed by atoms with van der Waals surface area (Å²) in [6.45, 7) is 2.00. The largest absolute Gasteiger partial charge is 0.447 e. The van der Waals surface area contributed by atoms with Crippen molar-refractivity contribution in [1.29, 1.82) is 0 Å². The van der Waals surface area contributed by atoms with E-state index in [1.807, 2.05) is 42.5 Å². The van der Waals surface area contributed by atoms with Crippen molar-refractivity contribution < 1.29 is 19.4 Å². The van der Waals surface area contributed by atoms with Crippen LogP contribution in [0.2, 0.25) is 5.02 Å². The Morgan fingerprint density at radius 3 is 2.61 bits per heavy atom. The van der Waals surface area contributed by atoms with Gasteiger partial charge in [0.1, 0.15) is 12.4 Å². The molecule has 1 aromatic heterocycles. The number of fused-ring (bicyclic) bond motifs is 1. The highest BCUT2D eigenvalue weighted by Gasteiger charge is 2.17. The average molecular weight is 471 g/mol. The van der Waals surface area contributed by atoms with Gasteiger partial charge in [0.05, 0.1) is 18.7 Å². The van der Waals surface area contributed by atoms with E-state index in [0.29, 0.717) is 17.4 Å². The number of hydrogen-bond donors (Lipinski definition) is 4. The zero-order valence-corrected chi connectivity index (χ0v) is 19.0. The number of carbonyl (C=O) groups is 2. The molecule has 0 saturated carbocycles. The molecule has 0 aliphatic carbocycles. The number of ether oxygens (including phenoxy) is 1. The van der Waals surface area contributed by atoms with E-state index in [1.54, 1.807) is 25.3 Å². The number of carbonyl (C=O) groups excluding carboxylic acids is 2.